The van der Waals surface area contributed by atoms with Gasteiger partial charge in [0.25, 0.3) is 0 Å². The van der Waals surface area contributed by atoms with E-state index in [1.54, 1.807) is 18.6 Å². The van der Waals surface area contributed by atoms with Gasteiger partial charge in [0, 0.05) is 37.1 Å². The lowest BCUT2D eigenvalue weighted by Gasteiger charge is -2.33. The van der Waals surface area contributed by atoms with Crippen LogP contribution in [0.4, 0.5) is 13.2 Å². The van der Waals surface area contributed by atoms with Crippen molar-refractivity contribution in [2.75, 3.05) is 13.1 Å². The van der Waals surface area contributed by atoms with Crippen molar-refractivity contribution in [2.24, 2.45) is 0 Å². The number of piperidine rings is 1. The van der Waals surface area contributed by atoms with E-state index in [4.69, 9.17) is 14.9 Å². The first-order valence-corrected chi connectivity index (χ1v) is 11.9. The fraction of sp³-hybridized carbons (Fsp3) is 0.308. The molecule has 12 heteroatoms. The Morgan fingerprint density at radius 2 is 1.76 bits per heavy atom. The average Bonchev–Trinajstić information content (AvgIpc) is 3.34. The van der Waals surface area contributed by atoms with Gasteiger partial charge in [-0.15, -0.1) is 0 Å². The summed E-state index contributed by atoms with van der Waals surface area (Å²) < 4.78 is 33.9. The molecule has 0 aliphatic carbocycles. The number of pyridine rings is 1. The van der Waals surface area contributed by atoms with Crippen molar-refractivity contribution in [1.82, 2.24) is 29.4 Å². The highest BCUT2D eigenvalue weighted by atomic mass is 19.4. The van der Waals surface area contributed by atoms with Gasteiger partial charge in [-0.25, -0.2) is 19.7 Å². The molecule has 198 valence electrons. The van der Waals surface area contributed by atoms with Crippen molar-refractivity contribution in [3.05, 3.63) is 72.4 Å². The number of carboxylic acids is 1. The van der Waals surface area contributed by atoms with Crippen LogP contribution in [0.15, 0.2) is 61.3 Å². The Kier molecular flexibility index (Phi) is 7.99. The molecule has 1 amide bonds. The number of carbonyl (C=O) groups is 2. The van der Waals surface area contributed by atoms with Gasteiger partial charge in [-0.1, -0.05) is 24.3 Å². The maximum Gasteiger partial charge on any atom is 0.490 e. The van der Waals surface area contributed by atoms with Crippen molar-refractivity contribution in [1.29, 1.82) is 0 Å². The monoisotopic (exact) mass is 526 g/mol. The van der Waals surface area contributed by atoms with Crippen LogP contribution in [0, 0.1) is 6.92 Å². The minimum absolute atomic E-state index is 0.196. The molecule has 1 aromatic carbocycles. The molecule has 3 aromatic heterocycles. The summed E-state index contributed by atoms with van der Waals surface area (Å²) >= 11 is 0. The number of aryl methyl sites for hydroxylation is 1. The number of alkyl halides is 3. The molecule has 1 fully saturated rings. The van der Waals surface area contributed by atoms with E-state index in [0.29, 0.717) is 12.1 Å². The fourth-order valence-corrected chi connectivity index (χ4v) is 4.21. The SMILES string of the molecule is Cc1ccccc1CC(=O)N1CCC(n2cnc3ncc(-c4cccnc4)nc32)CC1.O=C(O)C(F)(F)F. The van der Waals surface area contributed by atoms with Gasteiger partial charge < -0.3 is 14.6 Å². The normalized spacial score (nSPS) is 14.2. The Labute approximate surface area is 216 Å². The molecule has 1 aliphatic rings. The van der Waals surface area contributed by atoms with E-state index in [1.807, 2.05) is 41.6 Å². The molecule has 0 saturated carbocycles. The van der Waals surface area contributed by atoms with Crippen LogP contribution in [0.1, 0.15) is 30.0 Å². The van der Waals surface area contributed by atoms with Crippen molar-refractivity contribution in [2.45, 2.75) is 38.4 Å². The van der Waals surface area contributed by atoms with E-state index >= 15 is 0 Å². The van der Waals surface area contributed by atoms with Crippen LogP contribution in [0.25, 0.3) is 22.6 Å². The third kappa shape index (κ3) is 6.31. The van der Waals surface area contributed by atoms with Crippen molar-refractivity contribution >= 4 is 23.2 Å². The van der Waals surface area contributed by atoms with Crippen LogP contribution >= 0.6 is 0 Å². The van der Waals surface area contributed by atoms with Crippen LogP contribution in [-0.4, -0.2) is 65.7 Å². The van der Waals surface area contributed by atoms with Gasteiger partial charge >= 0.3 is 12.1 Å². The summed E-state index contributed by atoms with van der Waals surface area (Å²) in [4.78, 5) is 41.6. The number of carbonyl (C=O) groups excluding carboxylic acids is 1. The smallest absolute Gasteiger partial charge is 0.475 e. The first-order chi connectivity index (χ1) is 18.1. The zero-order valence-electron chi connectivity index (χ0n) is 20.5. The number of aromatic nitrogens is 5. The van der Waals surface area contributed by atoms with E-state index in [9.17, 15) is 18.0 Å². The minimum atomic E-state index is -5.08. The highest BCUT2D eigenvalue weighted by Gasteiger charge is 2.38. The molecule has 0 radical (unpaired) electrons. The molecule has 1 aliphatic heterocycles. The second kappa shape index (κ2) is 11.4. The van der Waals surface area contributed by atoms with Crippen molar-refractivity contribution in [3.63, 3.8) is 0 Å². The number of amides is 1. The standard InChI is InChI=1S/C24H24N6O.C2HF3O2/c1-17-5-2-3-6-18(17)13-22(31)29-11-8-20(9-12-29)30-16-27-23-24(30)28-21(15-26-23)19-7-4-10-25-14-19;3-2(4,5)1(6)7/h2-7,10,14-16,20H,8-9,11-13H2,1H3;(H,6,7). The van der Waals surface area contributed by atoms with Gasteiger partial charge in [-0.2, -0.15) is 13.2 Å². The highest BCUT2D eigenvalue weighted by molar-refractivity contribution is 5.79. The summed E-state index contributed by atoms with van der Waals surface area (Å²) in [7, 11) is 0. The second-order valence-corrected chi connectivity index (χ2v) is 8.81. The number of fused-ring (bicyclic) bond motifs is 1. The lowest BCUT2D eigenvalue weighted by Crippen LogP contribution is -2.39. The maximum atomic E-state index is 12.8. The van der Waals surface area contributed by atoms with Gasteiger partial charge in [0.1, 0.15) is 0 Å². The van der Waals surface area contributed by atoms with E-state index in [-0.39, 0.29) is 11.9 Å². The van der Waals surface area contributed by atoms with Gasteiger partial charge in [0.2, 0.25) is 5.91 Å². The van der Waals surface area contributed by atoms with Crippen molar-refractivity contribution in [3.8, 4) is 11.3 Å². The molecular weight excluding hydrogens is 501 g/mol. The average molecular weight is 527 g/mol. The lowest BCUT2D eigenvalue weighted by atomic mass is 10.0. The van der Waals surface area contributed by atoms with Crippen LogP contribution in [-0.2, 0) is 16.0 Å². The molecule has 1 N–H and O–H groups in total. The van der Waals surface area contributed by atoms with Gasteiger partial charge in [-0.05, 0) is 43.0 Å². The summed E-state index contributed by atoms with van der Waals surface area (Å²) in [5, 5.41) is 7.12. The Hall–Kier alpha value is -4.35. The lowest BCUT2D eigenvalue weighted by molar-refractivity contribution is -0.192. The number of imidazole rings is 1. The summed E-state index contributed by atoms with van der Waals surface area (Å²) in [6, 6.07) is 12.2. The quantitative estimate of drug-likeness (QED) is 0.423. The number of nitrogens with zero attached hydrogens (tertiary/aromatic N) is 6. The van der Waals surface area contributed by atoms with Gasteiger partial charge in [0.05, 0.1) is 24.6 Å². The van der Waals surface area contributed by atoms with Gasteiger partial charge in [-0.3, -0.25) is 9.78 Å². The molecule has 38 heavy (non-hydrogen) atoms. The van der Waals surface area contributed by atoms with E-state index in [1.165, 1.54) is 5.56 Å². The second-order valence-electron chi connectivity index (χ2n) is 8.81. The molecule has 0 unspecified atom stereocenters. The Morgan fingerprint density at radius 1 is 1.05 bits per heavy atom. The van der Waals surface area contributed by atoms with Crippen LogP contribution < -0.4 is 0 Å². The molecule has 1 saturated heterocycles. The predicted molar refractivity (Wildman–Crippen MR) is 132 cm³/mol. The Balaban J connectivity index is 0.000000426. The minimum Gasteiger partial charge on any atom is -0.475 e. The molecule has 0 spiro atoms. The fourth-order valence-electron chi connectivity index (χ4n) is 4.21. The summed E-state index contributed by atoms with van der Waals surface area (Å²) in [5.41, 5.74) is 5.42. The predicted octanol–water partition coefficient (Wildman–Crippen LogP) is 4.24. The molecule has 0 atom stereocenters. The molecule has 5 rings (SSSR count). The molecule has 0 bridgehead atoms. The summed E-state index contributed by atoms with van der Waals surface area (Å²) in [6.45, 7) is 3.54. The molecule has 4 heterocycles. The third-order valence-electron chi connectivity index (χ3n) is 6.30. The number of carboxylic acid groups (broad SMARTS) is 1. The number of aliphatic carboxylic acids is 1. The number of rotatable bonds is 4. The first kappa shape index (κ1) is 26.7. The molecular formula is C26H25F3N6O3. The number of hydrogen-bond donors (Lipinski definition) is 1. The number of halogens is 3. The van der Waals surface area contributed by atoms with Crippen molar-refractivity contribution < 1.29 is 27.9 Å². The highest BCUT2D eigenvalue weighted by Crippen LogP contribution is 2.27. The summed E-state index contributed by atoms with van der Waals surface area (Å²) in [6.07, 6.45) is 4.23. The number of likely N-dealkylation sites (tertiary alicyclic amines) is 1. The zero-order chi connectivity index (χ0) is 27.3. The maximum absolute atomic E-state index is 12.8. The first-order valence-electron chi connectivity index (χ1n) is 11.9. The van der Waals surface area contributed by atoms with E-state index in [0.717, 1.165) is 48.4 Å². The topological polar surface area (TPSA) is 114 Å². The number of benzene rings is 1. The Bertz CT molecular complexity index is 1420. The van der Waals surface area contributed by atoms with Crippen LogP contribution in [0.2, 0.25) is 0 Å². The molecule has 4 aromatic rings. The number of hydrogen-bond acceptors (Lipinski definition) is 6. The van der Waals surface area contributed by atoms with Crippen LogP contribution in [0.3, 0.4) is 0 Å². The van der Waals surface area contributed by atoms with E-state index < -0.39 is 12.1 Å². The Morgan fingerprint density at radius 3 is 2.39 bits per heavy atom. The van der Waals surface area contributed by atoms with Crippen LogP contribution in [0.5, 0.6) is 0 Å². The van der Waals surface area contributed by atoms with E-state index in [2.05, 4.69) is 32.5 Å². The largest absolute Gasteiger partial charge is 0.490 e. The molecule has 9 nitrogen and oxygen atoms in total. The van der Waals surface area contributed by atoms with Gasteiger partial charge in [0.15, 0.2) is 11.3 Å². The zero-order valence-corrected chi connectivity index (χ0v) is 20.5. The third-order valence-corrected chi connectivity index (χ3v) is 6.30. The summed E-state index contributed by atoms with van der Waals surface area (Å²) in [5.74, 6) is -2.56.